The van der Waals surface area contributed by atoms with Gasteiger partial charge in [0.25, 0.3) is 0 Å². The van der Waals surface area contributed by atoms with Gasteiger partial charge in [0.1, 0.15) is 0 Å². The standard InChI is InChI=1S/C23H30O/c1-4-7-8-12-15-21-20(6-3)18(5-2)16-17-22(21)23(24)19-13-10-9-11-14-19/h9-11,13-14,16-17H,4-8,12,15H2,1-3H3. The average molecular weight is 322 g/mol. The van der Waals surface area contributed by atoms with Gasteiger partial charge in [0.15, 0.2) is 5.78 Å². The Balaban J connectivity index is 2.40. The zero-order valence-electron chi connectivity index (χ0n) is 15.4. The molecular formula is C23H30O. The van der Waals surface area contributed by atoms with E-state index in [1.165, 1.54) is 42.4 Å². The molecule has 0 saturated carbocycles. The van der Waals surface area contributed by atoms with E-state index in [-0.39, 0.29) is 5.78 Å². The van der Waals surface area contributed by atoms with Gasteiger partial charge in [0.2, 0.25) is 0 Å². The van der Waals surface area contributed by atoms with Crippen LogP contribution in [0.1, 0.15) is 79.1 Å². The highest BCUT2D eigenvalue weighted by Crippen LogP contribution is 2.25. The summed E-state index contributed by atoms with van der Waals surface area (Å²) in [6, 6.07) is 13.9. The van der Waals surface area contributed by atoms with Gasteiger partial charge in [-0.1, -0.05) is 82.5 Å². The Hall–Kier alpha value is -1.89. The molecule has 0 atom stereocenters. The number of carbonyl (C=O) groups is 1. The summed E-state index contributed by atoms with van der Waals surface area (Å²) in [6.07, 6.45) is 7.98. The summed E-state index contributed by atoms with van der Waals surface area (Å²) >= 11 is 0. The van der Waals surface area contributed by atoms with Crippen molar-refractivity contribution in [2.24, 2.45) is 0 Å². The van der Waals surface area contributed by atoms with Crippen LogP contribution in [0.5, 0.6) is 0 Å². The molecule has 0 fully saturated rings. The lowest BCUT2D eigenvalue weighted by molar-refractivity contribution is 0.103. The lowest BCUT2D eigenvalue weighted by atomic mass is 9.87. The Morgan fingerprint density at radius 3 is 2.17 bits per heavy atom. The Morgan fingerprint density at radius 2 is 1.54 bits per heavy atom. The topological polar surface area (TPSA) is 17.1 Å². The van der Waals surface area contributed by atoms with Crippen LogP contribution in [0.15, 0.2) is 42.5 Å². The van der Waals surface area contributed by atoms with E-state index in [2.05, 4.69) is 32.9 Å². The predicted molar refractivity (Wildman–Crippen MR) is 103 cm³/mol. The molecule has 0 radical (unpaired) electrons. The summed E-state index contributed by atoms with van der Waals surface area (Å²) in [4.78, 5) is 13.0. The maximum absolute atomic E-state index is 13.0. The zero-order chi connectivity index (χ0) is 17.4. The minimum atomic E-state index is 0.165. The first-order chi connectivity index (χ1) is 11.7. The second-order valence-corrected chi connectivity index (χ2v) is 6.44. The highest BCUT2D eigenvalue weighted by atomic mass is 16.1. The first-order valence-corrected chi connectivity index (χ1v) is 9.46. The number of hydrogen-bond acceptors (Lipinski definition) is 1. The summed E-state index contributed by atoms with van der Waals surface area (Å²) in [6.45, 7) is 6.65. The first kappa shape index (κ1) is 18.4. The maximum Gasteiger partial charge on any atom is 0.193 e. The highest BCUT2D eigenvalue weighted by molar-refractivity contribution is 6.10. The van der Waals surface area contributed by atoms with Crippen molar-refractivity contribution in [1.29, 1.82) is 0 Å². The van der Waals surface area contributed by atoms with Gasteiger partial charge in [-0.2, -0.15) is 0 Å². The van der Waals surface area contributed by atoms with Crippen LogP contribution in [0, 0.1) is 0 Å². The number of ketones is 1. The van der Waals surface area contributed by atoms with Crippen molar-refractivity contribution in [3.63, 3.8) is 0 Å². The molecule has 0 N–H and O–H groups in total. The molecule has 1 nitrogen and oxygen atoms in total. The van der Waals surface area contributed by atoms with E-state index in [1.54, 1.807) is 0 Å². The predicted octanol–water partition coefficient (Wildman–Crippen LogP) is 6.17. The molecular weight excluding hydrogens is 292 g/mol. The molecule has 0 aliphatic rings. The van der Waals surface area contributed by atoms with Crippen molar-refractivity contribution < 1.29 is 4.79 Å². The summed E-state index contributed by atoms with van der Waals surface area (Å²) < 4.78 is 0. The van der Waals surface area contributed by atoms with E-state index in [0.717, 1.165) is 30.4 Å². The molecule has 0 amide bonds. The Bertz CT molecular complexity index is 655. The van der Waals surface area contributed by atoms with Crippen molar-refractivity contribution in [2.45, 2.75) is 65.7 Å². The number of carbonyl (C=O) groups excluding carboxylic acids is 1. The normalized spacial score (nSPS) is 10.8. The number of aryl methyl sites for hydroxylation is 1. The van der Waals surface area contributed by atoms with E-state index in [9.17, 15) is 4.79 Å². The molecule has 2 aromatic rings. The highest BCUT2D eigenvalue weighted by Gasteiger charge is 2.17. The Labute approximate surface area is 147 Å². The maximum atomic E-state index is 13.0. The van der Waals surface area contributed by atoms with Gasteiger partial charge in [0, 0.05) is 11.1 Å². The van der Waals surface area contributed by atoms with Gasteiger partial charge < -0.3 is 0 Å². The molecule has 2 aromatic carbocycles. The zero-order valence-corrected chi connectivity index (χ0v) is 15.4. The SMILES string of the molecule is CCCCCCc1c(C(=O)c2ccccc2)ccc(CC)c1CC. The van der Waals surface area contributed by atoms with Crippen molar-refractivity contribution in [2.75, 3.05) is 0 Å². The summed E-state index contributed by atoms with van der Waals surface area (Å²) in [5.74, 6) is 0.165. The molecule has 128 valence electrons. The smallest absolute Gasteiger partial charge is 0.193 e. The lowest BCUT2D eigenvalue weighted by Crippen LogP contribution is -2.10. The third kappa shape index (κ3) is 4.35. The number of benzene rings is 2. The van der Waals surface area contributed by atoms with E-state index in [1.807, 2.05) is 30.3 Å². The fourth-order valence-electron chi connectivity index (χ4n) is 3.49. The molecule has 0 heterocycles. The van der Waals surface area contributed by atoms with Gasteiger partial charge in [-0.3, -0.25) is 4.79 Å². The fourth-order valence-corrected chi connectivity index (χ4v) is 3.49. The molecule has 0 bridgehead atoms. The monoisotopic (exact) mass is 322 g/mol. The summed E-state index contributed by atoms with van der Waals surface area (Å²) in [7, 11) is 0. The van der Waals surface area contributed by atoms with Crippen LogP contribution in [0.25, 0.3) is 0 Å². The fraction of sp³-hybridized carbons (Fsp3) is 0.435. The van der Waals surface area contributed by atoms with Crippen molar-refractivity contribution >= 4 is 5.78 Å². The van der Waals surface area contributed by atoms with E-state index in [0.29, 0.717) is 0 Å². The van der Waals surface area contributed by atoms with Gasteiger partial charge >= 0.3 is 0 Å². The van der Waals surface area contributed by atoms with Gasteiger partial charge in [-0.05, 0) is 42.4 Å². The number of unbranched alkanes of at least 4 members (excludes halogenated alkanes) is 3. The molecule has 2 rings (SSSR count). The first-order valence-electron chi connectivity index (χ1n) is 9.46. The molecule has 0 aliphatic carbocycles. The molecule has 0 saturated heterocycles. The molecule has 0 spiro atoms. The summed E-state index contributed by atoms with van der Waals surface area (Å²) in [5.41, 5.74) is 5.79. The van der Waals surface area contributed by atoms with Crippen LogP contribution >= 0.6 is 0 Å². The quantitative estimate of drug-likeness (QED) is 0.399. The number of hydrogen-bond donors (Lipinski definition) is 0. The van der Waals surface area contributed by atoms with E-state index in [4.69, 9.17) is 0 Å². The lowest BCUT2D eigenvalue weighted by Gasteiger charge is -2.17. The molecule has 0 unspecified atom stereocenters. The summed E-state index contributed by atoms with van der Waals surface area (Å²) in [5, 5.41) is 0. The van der Waals surface area contributed by atoms with Crippen molar-refractivity contribution in [3.05, 3.63) is 70.3 Å². The molecule has 0 aliphatic heterocycles. The van der Waals surface area contributed by atoms with Gasteiger partial charge in [0.05, 0.1) is 0 Å². The van der Waals surface area contributed by atoms with Crippen LogP contribution in [0.2, 0.25) is 0 Å². The second-order valence-electron chi connectivity index (χ2n) is 6.44. The largest absolute Gasteiger partial charge is 0.289 e. The minimum absolute atomic E-state index is 0.165. The molecule has 0 aromatic heterocycles. The second kappa shape index (κ2) is 9.42. The van der Waals surface area contributed by atoms with E-state index >= 15 is 0 Å². The van der Waals surface area contributed by atoms with Crippen molar-refractivity contribution in [3.8, 4) is 0 Å². The Kier molecular flexibility index (Phi) is 7.24. The third-order valence-electron chi connectivity index (χ3n) is 4.82. The van der Waals surface area contributed by atoms with Crippen molar-refractivity contribution in [1.82, 2.24) is 0 Å². The Morgan fingerprint density at radius 1 is 0.792 bits per heavy atom. The van der Waals surface area contributed by atoms with Crippen LogP contribution in [0.4, 0.5) is 0 Å². The van der Waals surface area contributed by atoms with Gasteiger partial charge in [-0.25, -0.2) is 0 Å². The van der Waals surface area contributed by atoms with Crippen LogP contribution < -0.4 is 0 Å². The minimum Gasteiger partial charge on any atom is -0.289 e. The average Bonchev–Trinajstić information content (AvgIpc) is 2.64. The third-order valence-corrected chi connectivity index (χ3v) is 4.82. The van der Waals surface area contributed by atoms with Gasteiger partial charge in [-0.15, -0.1) is 0 Å². The van der Waals surface area contributed by atoms with Crippen LogP contribution in [-0.2, 0) is 19.3 Å². The molecule has 1 heteroatoms. The number of rotatable bonds is 9. The van der Waals surface area contributed by atoms with E-state index < -0.39 is 0 Å². The van der Waals surface area contributed by atoms with Crippen LogP contribution in [0.3, 0.4) is 0 Å². The molecule has 24 heavy (non-hydrogen) atoms. The van der Waals surface area contributed by atoms with Crippen LogP contribution in [-0.4, -0.2) is 5.78 Å².